The fraction of sp³-hybridized carbons (Fsp3) is 0.333. The van der Waals surface area contributed by atoms with E-state index in [1.165, 1.54) is 12.0 Å². The molecule has 2 aromatic rings. The molecule has 7 heteroatoms. The topological polar surface area (TPSA) is 67.9 Å². The van der Waals surface area contributed by atoms with Crippen molar-refractivity contribution in [3.8, 4) is 11.5 Å². The monoisotopic (exact) mass is 448 g/mol. The van der Waals surface area contributed by atoms with Crippen LogP contribution in [0.15, 0.2) is 40.9 Å². The third-order valence-corrected chi connectivity index (χ3v) is 4.75. The van der Waals surface area contributed by atoms with E-state index in [1.54, 1.807) is 19.2 Å². The van der Waals surface area contributed by atoms with E-state index in [4.69, 9.17) is 9.47 Å². The van der Waals surface area contributed by atoms with E-state index in [1.807, 2.05) is 38.1 Å². The summed E-state index contributed by atoms with van der Waals surface area (Å²) in [6, 6.07) is 10.9. The molecule has 0 aliphatic carbocycles. The highest BCUT2D eigenvalue weighted by Gasteiger charge is 2.20. The SMILES string of the molecule is CCOc1c(Br)cc(C(=O)N(C)CC(=O)Nc2ccccc2CC)cc1OC. The second-order valence-electron chi connectivity index (χ2n) is 6.14. The maximum atomic E-state index is 12.8. The van der Waals surface area contributed by atoms with Crippen molar-refractivity contribution in [2.75, 3.05) is 32.6 Å². The zero-order valence-electron chi connectivity index (χ0n) is 16.5. The summed E-state index contributed by atoms with van der Waals surface area (Å²) in [6.45, 7) is 4.30. The lowest BCUT2D eigenvalue weighted by Crippen LogP contribution is -2.35. The summed E-state index contributed by atoms with van der Waals surface area (Å²) in [6.07, 6.45) is 0.811. The quantitative estimate of drug-likeness (QED) is 0.658. The fourth-order valence-electron chi connectivity index (χ4n) is 2.78. The zero-order valence-corrected chi connectivity index (χ0v) is 18.1. The molecule has 2 rings (SSSR count). The van der Waals surface area contributed by atoms with Crippen LogP contribution in [0.5, 0.6) is 11.5 Å². The number of methoxy groups -OCH3 is 1. The van der Waals surface area contributed by atoms with Crippen LogP contribution < -0.4 is 14.8 Å². The summed E-state index contributed by atoms with van der Waals surface area (Å²) in [5, 5.41) is 2.87. The molecule has 0 bridgehead atoms. The minimum absolute atomic E-state index is 0.0654. The standard InChI is InChI=1S/C21H25BrN2O4/c1-5-14-9-7-8-10-17(14)23-19(25)13-24(3)21(26)15-11-16(22)20(28-6-2)18(12-15)27-4/h7-12H,5-6,13H2,1-4H3,(H,23,25). The summed E-state index contributed by atoms with van der Waals surface area (Å²) < 4.78 is 11.5. The number of likely N-dealkylation sites (N-methyl/N-ethyl adjacent to an activating group) is 1. The third-order valence-electron chi connectivity index (χ3n) is 4.16. The summed E-state index contributed by atoms with van der Waals surface area (Å²) in [4.78, 5) is 26.5. The predicted octanol–water partition coefficient (Wildman–Crippen LogP) is 4.13. The second kappa shape index (κ2) is 10.1. The van der Waals surface area contributed by atoms with Crippen molar-refractivity contribution >= 4 is 33.4 Å². The molecule has 0 fully saturated rings. The molecule has 150 valence electrons. The molecule has 0 aliphatic heterocycles. The maximum Gasteiger partial charge on any atom is 0.254 e. The van der Waals surface area contributed by atoms with Crippen LogP contribution in [0.25, 0.3) is 0 Å². The molecule has 1 N–H and O–H groups in total. The van der Waals surface area contributed by atoms with Gasteiger partial charge in [0.05, 0.1) is 24.7 Å². The highest BCUT2D eigenvalue weighted by Crippen LogP contribution is 2.36. The number of nitrogens with zero attached hydrogens (tertiary/aromatic N) is 1. The summed E-state index contributed by atoms with van der Waals surface area (Å²) >= 11 is 3.41. The normalized spacial score (nSPS) is 10.3. The molecule has 0 atom stereocenters. The lowest BCUT2D eigenvalue weighted by Gasteiger charge is -2.19. The number of halogens is 1. The first-order valence-electron chi connectivity index (χ1n) is 9.04. The number of nitrogens with one attached hydrogen (secondary N) is 1. The predicted molar refractivity (Wildman–Crippen MR) is 113 cm³/mol. The Morgan fingerprint density at radius 3 is 2.54 bits per heavy atom. The number of amides is 2. The molecular weight excluding hydrogens is 424 g/mol. The van der Waals surface area contributed by atoms with Gasteiger partial charge in [-0.3, -0.25) is 9.59 Å². The van der Waals surface area contributed by atoms with Crippen molar-refractivity contribution < 1.29 is 19.1 Å². The van der Waals surface area contributed by atoms with Gasteiger partial charge in [-0.1, -0.05) is 25.1 Å². The molecule has 0 unspecified atom stereocenters. The van der Waals surface area contributed by atoms with Crippen LogP contribution in [-0.4, -0.2) is 44.0 Å². The minimum Gasteiger partial charge on any atom is -0.493 e. The molecule has 0 aliphatic rings. The number of para-hydroxylation sites is 1. The molecule has 6 nitrogen and oxygen atoms in total. The molecule has 0 radical (unpaired) electrons. The van der Waals surface area contributed by atoms with Gasteiger partial charge in [-0.25, -0.2) is 0 Å². The minimum atomic E-state index is -0.291. The Hall–Kier alpha value is -2.54. The van der Waals surface area contributed by atoms with Crippen LogP contribution >= 0.6 is 15.9 Å². The van der Waals surface area contributed by atoms with Crippen molar-refractivity contribution in [3.63, 3.8) is 0 Å². The number of aryl methyl sites for hydroxylation is 1. The van der Waals surface area contributed by atoms with E-state index in [9.17, 15) is 9.59 Å². The van der Waals surface area contributed by atoms with Crippen molar-refractivity contribution in [2.45, 2.75) is 20.3 Å². The van der Waals surface area contributed by atoms with Gasteiger partial charge in [0.25, 0.3) is 5.91 Å². The lowest BCUT2D eigenvalue weighted by atomic mass is 10.1. The van der Waals surface area contributed by atoms with Crippen molar-refractivity contribution in [2.24, 2.45) is 0 Å². The van der Waals surface area contributed by atoms with E-state index in [0.717, 1.165) is 17.7 Å². The van der Waals surface area contributed by atoms with Crippen LogP contribution in [0.4, 0.5) is 5.69 Å². The average molecular weight is 449 g/mol. The summed E-state index contributed by atoms with van der Waals surface area (Å²) in [7, 11) is 3.10. The average Bonchev–Trinajstić information content (AvgIpc) is 2.69. The fourth-order valence-corrected chi connectivity index (χ4v) is 3.33. The number of benzene rings is 2. The highest BCUT2D eigenvalue weighted by molar-refractivity contribution is 9.10. The van der Waals surface area contributed by atoms with Crippen LogP contribution in [0, 0.1) is 0 Å². The van der Waals surface area contributed by atoms with Gasteiger partial charge in [0.15, 0.2) is 11.5 Å². The van der Waals surface area contributed by atoms with Crippen LogP contribution in [0.1, 0.15) is 29.8 Å². The van der Waals surface area contributed by atoms with Gasteiger partial charge in [0, 0.05) is 18.3 Å². The first-order chi connectivity index (χ1) is 13.4. The van der Waals surface area contributed by atoms with E-state index in [2.05, 4.69) is 21.2 Å². The largest absolute Gasteiger partial charge is 0.493 e. The number of hydrogen-bond acceptors (Lipinski definition) is 4. The molecule has 0 saturated carbocycles. The van der Waals surface area contributed by atoms with Gasteiger partial charge in [0.2, 0.25) is 5.91 Å². The Balaban J connectivity index is 2.11. The van der Waals surface area contributed by atoms with Crippen molar-refractivity contribution in [1.82, 2.24) is 4.90 Å². The Morgan fingerprint density at radius 2 is 1.89 bits per heavy atom. The Labute approximate surface area is 174 Å². The number of carbonyl (C=O) groups is 2. The van der Waals surface area contributed by atoms with Crippen molar-refractivity contribution in [1.29, 1.82) is 0 Å². The van der Waals surface area contributed by atoms with Gasteiger partial charge in [-0.15, -0.1) is 0 Å². The third kappa shape index (κ3) is 5.25. The van der Waals surface area contributed by atoms with Crippen LogP contribution in [0.2, 0.25) is 0 Å². The first kappa shape index (κ1) is 21.8. The molecular formula is C21H25BrN2O4. The van der Waals surface area contributed by atoms with E-state index in [-0.39, 0.29) is 18.4 Å². The van der Waals surface area contributed by atoms with Crippen LogP contribution in [0.3, 0.4) is 0 Å². The first-order valence-corrected chi connectivity index (χ1v) is 9.84. The number of anilines is 1. The Kier molecular flexibility index (Phi) is 7.87. The van der Waals surface area contributed by atoms with Crippen LogP contribution in [-0.2, 0) is 11.2 Å². The lowest BCUT2D eigenvalue weighted by molar-refractivity contribution is -0.116. The van der Waals surface area contributed by atoms with E-state index in [0.29, 0.717) is 28.1 Å². The molecule has 0 saturated heterocycles. The van der Waals surface area contributed by atoms with Gasteiger partial charge in [-0.2, -0.15) is 0 Å². The molecule has 0 spiro atoms. The molecule has 0 aromatic heterocycles. The maximum absolute atomic E-state index is 12.8. The van der Waals surface area contributed by atoms with E-state index >= 15 is 0 Å². The summed E-state index contributed by atoms with van der Waals surface area (Å²) in [5.41, 5.74) is 2.21. The molecule has 2 aromatic carbocycles. The Bertz CT molecular complexity index is 854. The Morgan fingerprint density at radius 1 is 1.18 bits per heavy atom. The number of hydrogen-bond donors (Lipinski definition) is 1. The number of ether oxygens (including phenoxy) is 2. The molecule has 28 heavy (non-hydrogen) atoms. The second-order valence-corrected chi connectivity index (χ2v) is 7.00. The smallest absolute Gasteiger partial charge is 0.254 e. The highest BCUT2D eigenvalue weighted by atomic mass is 79.9. The van der Waals surface area contributed by atoms with Gasteiger partial charge in [0.1, 0.15) is 0 Å². The van der Waals surface area contributed by atoms with Gasteiger partial charge < -0.3 is 19.7 Å². The molecule has 0 heterocycles. The number of rotatable bonds is 8. The zero-order chi connectivity index (χ0) is 20.7. The summed E-state index contributed by atoms with van der Waals surface area (Å²) in [5.74, 6) is 0.446. The van der Waals surface area contributed by atoms with Gasteiger partial charge in [-0.05, 0) is 53.0 Å². The van der Waals surface area contributed by atoms with Crippen molar-refractivity contribution in [3.05, 3.63) is 52.0 Å². The number of carbonyl (C=O) groups excluding carboxylic acids is 2. The van der Waals surface area contributed by atoms with E-state index < -0.39 is 0 Å². The molecule has 2 amide bonds. The van der Waals surface area contributed by atoms with Gasteiger partial charge >= 0.3 is 0 Å².